The first kappa shape index (κ1) is 12.7. The van der Waals surface area contributed by atoms with Crippen molar-refractivity contribution in [2.75, 3.05) is 0 Å². The van der Waals surface area contributed by atoms with Crippen LogP contribution in [-0.2, 0) is 4.79 Å². The Morgan fingerprint density at radius 2 is 1.65 bits per heavy atom. The van der Waals surface area contributed by atoms with E-state index in [0.29, 0.717) is 6.42 Å². The molecule has 0 radical (unpaired) electrons. The minimum Gasteiger partial charge on any atom is -0.481 e. The van der Waals surface area contributed by atoms with E-state index in [4.69, 9.17) is 10.6 Å². The van der Waals surface area contributed by atoms with Gasteiger partial charge in [-0.1, -0.05) is 63.3 Å². The molecule has 1 N–H and O–H groups in total. The first-order chi connectivity index (χ1) is 11.2. The van der Waals surface area contributed by atoms with E-state index in [1.54, 1.807) is 0 Å². The third kappa shape index (κ3) is 16.9. The molecule has 0 amide bonds. The van der Waals surface area contributed by atoms with Crippen molar-refractivity contribution in [3.05, 3.63) is 24.3 Å². The molecule has 0 aromatic heterocycles. The Balaban J connectivity index is 3.96. The predicted molar refractivity (Wildman–Crippen MR) is 87.0 cm³/mol. The van der Waals surface area contributed by atoms with E-state index in [2.05, 4.69) is 0 Å². The molecule has 0 aliphatic rings. The lowest BCUT2D eigenvalue weighted by atomic mass is 10.1. The molecule has 0 aliphatic carbocycles. The van der Waals surface area contributed by atoms with E-state index in [9.17, 15) is 4.79 Å². The highest BCUT2D eigenvalue weighted by molar-refractivity contribution is 5.66. The summed E-state index contributed by atoms with van der Waals surface area (Å²) in [6, 6.07) is 0. The van der Waals surface area contributed by atoms with Gasteiger partial charge in [-0.25, -0.2) is 0 Å². The summed E-state index contributed by atoms with van der Waals surface area (Å²) in [5.41, 5.74) is 0. The lowest BCUT2D eigenvalue weighted by Crippen LogP contribution is -1.93. The van der Waals surface area contributed by atoms with E-state index >= 15 is 0 Å². The average molecular weight is 284 g/mol. The van der Waals surface area contributed by atoms with Crippen LogP contribution in [0.2, 0.25) is 0 Å². The number of hydrogen-bond acceptors (Lipinski definition) is 1. The number of allylic oxidation sites excluding steroid dienone is 4. The van der Waals surface area contributed by atoms with Crippen LogP contribution in [0.1, 0.15) is 89.4 Å². The molecule has 0 fully saturated rings. The van der Waals surface area contributed by atoms with Gasteiger partial charge >= 0.3 is 5.97 Å². The molecular formula is C18H32O2. The van der Waals surface area contributed by atoms with Crippen LogP contribution >= 0.6 is 0 Å². The van der Waals surface area contributed by atoms with Crippen molar-refractivity contribution in [3.8, 4) is 0 Å². The Kier molecular flexibility index (Phi) is 10.1. The van der Waals surface area contributed by atoms with Crippen LogP contribution in [0.5, 0.6) is 0 Å². The van der Waals surface area contributed by atoms with E-state index < -0.39 is 18.7 Å². The van der Waals surface area contributed by atoms with E-state index in [1.165, 1.54) is 18.2 Å². The van der Waals surface area contributed by atoms with Gasteiger partial charge in [0, 0.05) is 11.9 Å². The van der Waals surface area contributed by atoms with Gasteiger partial charge in [0.05, 0.1) is 0 Å². The first-order valence-electron chi connectivity index (χ1n) is 9.78. The van der Waals surface area contributed by atoms with Gasteiger partial charge in [0.1, 0.15) is 0 Å². The Morgan fingerprint density at radius 3 is 2.40 bits per heavy atom. The molecule has 20 heavy (non-hydrogen) atoms. The topological polar surface area (TPSA) is 37.3 Å². The highest BCUT2D eigenvalue weighted by Crippen LogP contribution is 2.08. The number of aliphatic carboxylic acids is 1. The lowest BCUT2D eigenvalue weighted by Gasteiger charge is -1.98. The van der Waals surface area contributed by atoms with Crippen molar-refractivity contribution < 1.29 is 15.4 Å². The van der Waals surface area contributed by atoms with Crippen molar-refractivity contribution in [2.45, 2.75) is 83.9 Å². The second-order valence-corrected chi connectivity index (χ2v) is 4.91. The molecular weight excluding hydrogens is 248 g/mol. The number of hydrogen-bond donors (Lipinski definition) is 1. The highest BCUT2D eigenvalue weighted by Gasteiger charge is 1.95. The third-order valence-corrected chi connectivity index (χ3v) is 2.95. The summed E-state index contributed by atoms with van der Waals surface area (Å²) in [5, 5.41) is 8.53. The zero-order chi connectivity index (χ0) is 18.5. The molecule has 0 rings (SSSR count). The van der Waals surface area contributed by atoms with Gasteiger partial charge in [-0.05, 0) is 38.4 Å². The summed E-state index contributed by atoms with van der Waals surface area (Å²) in [4.78, 5) is 10.4. The van der Waals surface area contributed by atoms with Crippen LogP contribution < -0.4 is 0 Å². The summed E-state index contributed by atoms with van der Waals surface area (Å²) in [5.74, 6) is -0.743. The minimum absolute atomic E-state index is 0.234. The molecule has 2 nitrogen and oxygen atoms in total. The fraction of sp³-hybridized carbons (Fsp3) is 0.722. The zero-order valence-corrected chi connectivity index (χ0v) is 12.7. The summed E-state index contributed by atoms with van der Waals surface area (Å²) in [6.07, 6.45) is 10.7. The van der Waals surface area contributed by atoms with Crippen LogP contribution in [0.15, 0.2) is 24.3 Å². The summed E-state index contributed by atoms with van der Waals surface area (Å²) in [7, 11) is 0. The van der Waals surface area contributed by atoms with Crippen LogP contribution in [0.25, 0.3) is 0 Å². The number of unbranched alkanes of at least 4 members (excludes halogenated alkanes) is 6. The molecule has 0 aromatic carbocycles. The Hall–Kier alpha value is -1.05. The van der Waals surface area contributed by atoms with Gasteiger partial charge in [0.2, 0.25) is 0 Å². The molecule has 0 spiro atoms. The molecule has 0 atom stereocenters. The quantitative estimate of drug-likeness (QED) is 0.319. The second-order valence-electron chi connectivity index (χ2n) is 4.91. The third-order valence-electron chi connectivity index (χ3n) is 2.95. The highest BCUT2D eigenvalue weighted by atomic mass is 16.4. The molecule has 116 valence electrons. The van der Waals surface area contributed by atoms with Crippen LogP contribution in [0.4, 0.5) is 0 Å². The molecule has 0 saturated carbocycles. The monoisotopic (exact) mass is 284 g/mol. The van der Waals surface area contributed by atoms with Crippen LogP contribution in [0.3, 0.4) is 0 Å². The van der Waals surface area contributed by atoms with Crippen molar-refractivity contribution in [3.63, 3.8) is 0 Å². The number of rotatable bonds is 14. The van der Waals surface area contributed by atoms with Crippen molar-refractivity contribution in [2.24, 2.45) is 0 Å². The van der Waals surface area contributed by atoms with Crippen molar-refractivity contribution >= 4 is 5.97 Å². The zero-order valence-electron chi connectivity index (χ0n) is 16.7. The van der Waals surface area contributed by atoms with Gasteiger partial charge in [0.15, 0.2) is 0 Å². The summed E-state index contributed by atoms with van der Waals surface area (Å²) < 4.78 is 31.4. The van der Waals surface area contributed by atoms with Gasteiger partial charge in [-0.15, -0.1) is 0 Å². The second kappa shape index (κ2) is 16.0. The largest absolute Gasteiger partial charge is 0.481 e. The standard InChI is InChI=1S/C18H32O2/c1-2-3-4-5-6-7-8-9-10-11-12-13-14-15-16-17-18(19)20/h6-7,9-10H,2-5,8,11-17H2,1H3,(H,19,20)/b7-6-,10-9-/i5D2,8D2. The van der Waals surface area contributed by atoms with Gasteiger partial charge in [0.25, 0.3) is 0 Å². The Bertz CT molecular complexity index is 404. The number of carboxylic acid groups (broad SMARTS) is 1. The molecule has 0 aliphatic heterocycles. The SMILES string of the molecule is [2H]C([2H])(/C=C\CCCCCCCC(=O)O)/C=C\C([2H])([2H])CCCC. The van der Waals surface area contributed by atoms with Crippen molar-refractivity contribution in [1.29, 1.82) is 0 Å². The number of carboxylic acids is 1. The fourth-order valence-electron chi connectivity index (χ4n) is 1.74. The molecule has 0 bridgehead atoms. The molecule has 0 unspecified atom stereocenters. The van der Waals surface area contributed by atoms with E-state index in [-0.39, 0.29) is 6.42 Å². The maximum absolute atomic E-state index is 10.4. The minimum atomic E-state index is -1.62. The van der Waals surface area contributed by atoms with Crippen LogP contribution in [0, 0.1) is 0 Å². The average Bonchev–Trinajstić information content (AvgIpc) is 2.49. The normalized spacial score (nSPS) is 16.1. The smallest absolute Gasteiger partial charge is 0.303 e. The first-order valence-corrected chi connectivity index (χ1v) is 7.78. The van der Waals surface area contributed by atoms with Crippen LogP contribution in [-0.4, -0.2) is 11.1 Å². The Labute approximate surface area is 130 Å². The molecule has 0 heterocycles. The van der Waals surface area contributed by atoms with E-state index in [1.807, 2.05) is 13.0 Å². The fourth-order valence-corrected chi connectivity index (χ4v) is 1.74. The lowest BCUT2D eigenvalue weighted by molar-refractivity contribution is -0.137. The van der Waals surface area contributed by atoms with Gasteiger partial charge in [-0.2, -0.15) is 0 Å². The maximum Gasteiger partial charge on any atom is 0.303 e. The molecule has 0 saturated heterocycles. The summed E-state index contributed by atoms with van der Waals surface area (Å²) >= 11 is 0. The molecule has 0 aromatic rings. The maximum atomic E-state index is 10.4. The Morgan fingerprint density at radius 1 is 0.950 bits per heavy atom. The summed E-state index contributed by atoms with van der Waals surface area (Å²) in [6.45, 7) is 2.01. The van der Waals surface area contributed by atoms with Gasteiger partial charge in [-0.3, -0.25) is 4.79 Å². The molecule has 2 heteroatoms. The van der Waals surface area contributed by atoms with Gasteiger partial charge < -0.3 is 5.11 Å². The predicted octanol–water partition coefficient (Wildman–Crippen LogP) is 5.88. The van der Waals surface area contributed by atoms with Crippen molar-refractivity contribution in [1.82, 2.24) is 0 Å². The number of carbonyl (C=O) groups is 1. The van der Waals surface area contributed by atoms with E-state index in [0.717, 1.165) is 51.4 Å².